The molecule has 1 heterocycles. The van der Waals surface area contributed by atoms with E-state index < -0.39 is 12.0 Å². The lowest BCUT2D eigenvalue weighted by Crippen LogP contribution is -2.30. The normalized spacial score (nSPS) is 14.7. The van der Waals surface area contributed by atoms with Gasteiger partial charge in [-0.1, -0.05) is 0 Å². The number of carbonyl (C=O) groups is 1. The Morgan fingerprint density at radius 1 is 1.47 bits per heavy atom. The maximum absolute atomic E-state index is 10.8. The number of hydrogen-bond acceptors (Lipinski definition) is 4. The second kappa shape index (κ2) is 3.68. The molecule has 1 aliphatic heterocycles. The van der Waals surface area contributed by atoms with Gasteiger partial charge in [-0.05, 0) is 19.1 Å². The molecule has 2 N–H and O–H groups in total. The van der Waals surface area contributed by atoms with Crippen molar-refractivity contribution in [1.82, 2.24) is 0 Å². The van der Waals surface area contributed by atoms with Gasteiger partial charge in [0.15, 0.2) is 17.6 Å². The van der Waals surface area contributed by atoms with Gasteiger partial charge in [0.1, 0.15) is 5.75 Å². The number of amides is 1. The van der Waals surface area contributed by atoms with Crippen molar-refractivity contribution in [1.29, 1.82) is 0 Å². The lowest BCUT2D eigenvalue weighted by molar-refractivity contribution is -0.123. The summed E-state index contributed by atoms with van der Waals surface area (Å²) in [6, 6.07) is 5.10. The van der Waals surface area contributed by atoms with Gasteiger partial charge >= 0.3 is 0 Å². The number of carbonyl (C=O) groups excluding carboxylic acids is 1. The second-order valence-electron chi connectivity index (χ2n) is 3.18. The molecule has 15 heavy (non-hydrogen) atoms. The highest BCUT2D eigenvalue weighted by atomic mass is 16.7. The van der Waals surface area contributed by atoms with Crippen molar-refractivity contribution < 1.29 is 19.0 Å². The van der Waals surface area contributed by atoms with E-state index in [0.29, 0.717) is 17.2 Å². The Morgan fingerprint density at radius 3 is 2.93 bits per heavy atom. The molecule has 0 spiro atoms. The van der Waals surface area contributed by atoms with Crippen molar-refractivity contribution in [3.8, 4) is 17.2 Å². The number of hydrogen-bond donors (Lipinski definition) is 1. The topological polar surface area (TPSA) is 70.8 Å². The van der Waals surface area contributed by atoms with Crippen LogP contribution in [0.25, 0.3) is 0 Å². The zero-order chi connectivity index (χ0) is 10.8. The molecular weight excluding hydrogens is 198 g/mol. The predicted octanol–water partition coefficient (Wildman–Crippen LogP) is 0.668. The monoisotopic (exact) mass is 209 g/mol. The second-order valence-corrected chi connectivity index (χ2v) is 3.18. The molecule has 80 valence electrons. The first-order valence-electron chi connectivity index (χ1n) is 4.52. The van der Waals surface area contributed by atoms with Gasteiger partial charge in [-0.3, -0.25) is 4.79 Å². The van der Waals surface area contributed by atoms with Crippen molar-refractivity contribution >= 4 is 5.91 Å². The average molecular weight is 209 g/mol. The van der Waals surface area contributed by atoms with Crippen LogP contribution in [0.1, 0.15) is 6.92 Å². The third kappa shape index (κ3) is 1.96. The van der Waals surface area contributed by atoms with E-state index in [2.05, 4.69) is 0 Å². The fraction of sp³-hybridized carbons (Fsp3) is 0.300. The van der Waals surface area contributed by atoms with Gasteiger partial charge in [-0.25, -0.2) is 0 Å². The molecular formula is C10H11NO4. The van der Waals surface area contributed by atoms with E-state index in [1.807, 2.05) is 0 Å². The molecule has 1 aromatic carbocycles. The summed E-state index contributed by atoms with van der Waals surface area (Å²) in [5, 5.41) is 0. The van der Waals surface area contributed by atoms with Crippen LogP contribution in [0.4, 0.5) is 0 Å². The highest BCUT2D eigenvalue weighted by Gasteiger charge is 2.16. The number of fused-ring (bicyclic) bond motifs is 1. The van der Waals surface area contributed by atoms with Crippen LogP contribution >= 0.6 is 0 Å². The number of ether oxygens (including phenoxy) is 3. The maximum atomic E-state index is 10.8. The van der Waals surface area contributed by atoms with Crippen LogP contribution in [0.2, 0.25) is 0 Å². The Morgan fingerprint density at radius 2 is 2.20 bits per heavy atom. The molecule has 1 aromatic rings. The highest BCUT2D eigenvalue weighted by Crippen LogP contribution is 2.35. The molecule has 5 heteroatoms. The fourth-order valence-corrected chi connectivity index (χ4v) is 1.21. The molecule has 1 amide bonds. The zero-order valence-corrected chi connectivity index (χ0v) is 8.23. The van der Waals surface area contributed by atoms with E-state index >= 15 is 0 Å². The smallest absolute Gasteiger partial charge is 0.258 e. The Labute approximate surface area is 86.7 Å². The van der Waals surface area contributed by atoms with E-state index in [1.165, 1.54) is 0 Å². The zero-order valence-electron chi connectivity index (χ0n) is 8.23. The minimum Gasteiger partial charge on any atom is -0.481 e. The van der Waals surface area contributed by atoms with Gasteiger partial charge in [-0.2, -0.15) is 0 Å². The molecule has 0 aliphatic carbocycles. The summed E-state index contributed by atoms with van der Waals surface area (Å²) in [7, 11) is 0. The number of nitrogens with two attached hydrogens (primary N) is 1. The van der Waals surface area contributed by atoms with Gasteiger partial charge in [0, 0.05) is 6.07 Å². The van der Waals surface area contributed by atoms with Crippen molar-refractivity contribution in [2.24, 2.45) is 5.73 Å². The molecule has 0 saturated carbocycles. The van der Waals surface area contributed by atoms with Crippen LogP contribution in [-0.4, -0.2) is 18.8 Å². The molecule has 0 fully saturated rings. The molecule has 0 radical (unpaired) electrons. The highest BCUT2D eigenvalue weighted by molar-refractivity contribution is 5.78. The third-order valence-electron chi connectivity index (χ3n) is 2.06. The molecule has 1 unspecified atom stereocenters. The van der Waals surface area contributed by atoms with E-state index in [9.17, 15) is 4.79 Å². The lowest BCUT2D eigenvalue weighted by Gasteiger charge is -2.11. The molecule has 2 rings (SSSR count). The minimum atomic E-state index is -0.662. The molecule has 1 aliphatic rings. The maximum Gasteiger partial charge on any atom is 0.258 e. The van der Waals surface area contributed by atoms with E-state index in [0.717, 1.165) is 0 Å². The van der Waals surface area contributed by atoms with Crippen molar-refractivity contribution in [3.05, 3.63) is 18.2 Å². The first-order chi connectivity index (χ1) is 7.16. The molecule has 1 atom stereocenters. The average Bonchev–Trinajstić information content (AvgIpc) is 2.64. The van der Waals surface area contributed by atoms with Crippen LogP contribution in [0, 0.1) is 0 Å². The van der Waals surface area contributed by atoms with Crippen molar-refractivity contribution in [3.63, 3.8) is 0 Å². The van der Waals surface area contributed by atoms with E-state index in [4.69, 9.17) is 19.9 Å². The Bertz CT molecular complexity index is 391. The summed E-state index contributed by atoms with van der Waals surface area (Å²) in [5.74, 6) is 1.32. The van der Waals surface area contributed by atoms with Crippen LogP contribution in [0.3, 0.4) is 0 Å². The summed E-state index contributed by atoms with van der Waals surface area (Å²) in [6.45, 7) is 1.80. The molecule has 5 nitrogen and oxygen atoms in total. The first kappa shape index (κ1) is 9.64. The number of primary amides is 1. The number of benzene rings is 1. The largest absolute Gasteiger partial charge is 0.481 e. The summed E-state index contributed by atoms with van der Waals surface area (Å²) in [5.41, 5.74) is 5.08. The van der Waals surface area contributed by atoms with Crippen LogP contribution in [-0.2, 0) is 4.79 Å². The molecule has 0 aromatic heterocycles. The number of rotatable bonds is 3. The summed E-state index contributed by atoms with van der Waals surface area (Å²) < 4.78 is 15.6. The van der Waals surface area contributed by atoms with Crippen molar-refractivity contribution in [2.75, 3.05) is 6.79 Å². The predicted molar refractivity (Wildman–Crippen MR) is 51.8 cm³/mol. The van der Waals surface area contributed by atoms with Crippen molar-refractivity contribution in [2.45, 2.75) is 13.0 Å². The Hall–Kier alpha value is -1.91. The van der Waals surface area contributed by atoms with Gasteiger partial charge in [-0.15, -0.1) is 0 Å². The molecule has 0 bridgehead atoms. The minimum absolute atomic E-state index is 0.212. The van der Waals surface area contributed by atoms with Gasteiger partial charge < -0.3 is 19.9 Å². The Kier molecular flexibility index (Phi) is 2.37. The summed E-state index contributed by atoms with van der Waals surface area (Å²) >= 11 is 0. The Balaban J connectivity index is 2.13. The summed E-state index contributed by atoms with van der Waals surface area (Å²) in [6.07, 6.45) is -0.662. The van der Waals surface area contributed by atoms with E-state index in [-0.39, 0.29) is 6.79 Å². The van der Waals surface area contributed by atoms with E-state index in [1.54, 1.807) is 25.1 Å². The van der Waals surface area contributed by atoms with Crippen LogP contribution in [0.5, 0.6) is 17.2 Å². The van der Waals surface area contributed by atoms with Gasteiger partial charge in [0.25, 0.3) is 5.91 Å². The quantitative estimate of drug-likeness (QED) is 0.794. The van der Waals surface area contributed by atoms with Gasteiger partial charge in [0.2, 0.25) is 6.79 Å². The SMILES string of the molecule is CC(Oc1ccc2c(c1)OCO2)C(N)=O. The lowest BCUT2D eigenvalue weighted by atomic mass is 10.3. The summed E-state index contributed by atoms with van der Waals surface area (Å²) in [4.78, 5) is 10.8. The fourth-order valence-electron chi connectivity index (χ4n) is 1.21. The van der Waals surface area contributed by atoms with Crippen LogP contribution < -0.4 is 19.9 Å². The van der Waals surface area contributed by atoms with Gasteiger partial charge in [0.05, 0.1) is 0 Å². The third-order valence-corrected chi connectivity index (χ3v) is 2.06. The standard InChI is InChI=1S/C10H11NO4/c1-6(10(11)12)15-7-2-3-8-9(4-7)14-5-13-8/h2-4,6H,5H2,1H3,(H2,11,12). The first-order valence-corrected chi connectivity index (χ1v) is 4.52. The molecule has 0 saturated heterocycles. The van der Waals surface area contributed by atoms with Crippen LogP contribution in [0.15, 0.2) is 18.2 Å².